The Bertz CT molecular complexity index is 634. The van der Waals surface area contributed by atoms with Crippen molar-refractivity contribution >= 4 is 0 Å². The van der Waals surface area contributed by atoms with Crippen molar-refractivity contribution in [2.75, 3.05) is 13.1 Å². The summed E-state index contributed by atoms with van der Waals surface area (Å²) in [5, 5.41) is 8.24. The van der Waals surface area contributed by atoms with E-state index in [2.05, 4.69) is 55.9 Å². The molecule has 3 heteroatoms. The van der Waals surface area contributed by atoms with Crippen molar-refractivity contribution < 1.29 is 0 Å². The highest BCUT2D eigenvalue weighted by molar-refractivity contribution is 5.72. The number of benzene rings is 1. The van der Waals surface area contributed by atoms with Gasteiger partial charge in [0, 0.05) is 17.8 Å². The highest BCUT2D eigenvalue weighted by Crippen LogP contribution is 2.32. The van der Waals surface area contributed by atoms with Gasteiger partial charge in [0.25, 0.3) is 0 Å². The lowest BCUT2D eigenvalue weighted by molar-refractivity contribution is 0.477. The van der Waals surface area contributed by atoms with E-state index in [0.29, 0.717) is 6.04 Å². The van der Waals surface area contributed by atoms with E-state index in [4.69, 9.17) is 5.10 Å². The molecule has 1 aliphatic rings. The Hall–Kier alpha value is -1.61. The average molecular weight is 269 g/mol. The standard InChI is InChI=1S/C17H23N3/c1-11-5-6-12(2)16(9-11)17-13(3)19-20(14(17)4)15-7-8-18-10-15/h5-6,9,15,18H,7-8,10H2,1-4H3. The largest absolute Gasteiger partial charge is 0.315 e. The lowest BCUT2D eigenvalue weighted by Gasteiger charge is -2.13. The second-order valence-corrected chi connectivity index (χ2v) is 5.96. The first-order valence-electron chi connectivity index (χ1n) is 7.42. The molecule has 3 rings (SSSR count). The van der Waals surface area contributed by atoms with Crippen molar-refractivity contribution in [1.29, 1.82) is 0 Å². The Morgan fingerprint density at radius 3 is 2.70 bits per heavy atom. The number of rotatable bonds is 2. The van der Waals surface area contributed by atoms with Crippen molar-refractivity contribution in [3.05, 3.63) is 40.7 Å². The maximum atomic E-state index is 4.82. The third-order valence-corrected chi connectivity index (χ3v) is 4.37. The van der Waals surface area contributed by atoms with Crippen LogP contribution in [0.1, 0.15) is 35.0 Å². The molecular formula is C17H23N3. The molecule has 1 fully saturated rings. The van der Waals surface area contributed by atoms with Crippen molar-refractivity contribution in [3.8, 4) is 11.1 Å². The maximum Gasteiger partial charge on any atom is 0.0675 e. The van der Waals surface area contributed by atoms with Gasteiger partial charge in [0.15, 0.2) is 0 Å². The van der Waals surface area contributed by atoms with E-state index in [9.17, 15) is 0 Å². The second-order valence-electron chi connectivity index (χ2n) is 5.96. The summed E-state index contributed by atoms with van der Waals surface area (Å²) < 4.78 is 2.23. The van der Waals surface area contributed by atoms with Gasteiger partial charge < -0.3 is 5.32 Å². The van der Waals surface area contributed by atoms with Crippen molar-refractivity contribution in [3.63, 3.8) is 0 Å². The number of hydrogen-bond acceptors (Lipinski definition) is 2. The van der Waals surface area contributed by atoms with Crippen molar-refractivity contribution in [2.24, 2.45) is 0 Å². The lowest BCUT2D eigenvalue weighted by Crippen LogP contribution is -2.15. The zero-order chi connectivity index (χ0) is 14.3. The van der Waals surface area contributed by atoms with Crippen LogP contribution in [0.25, 0.3) is 11.1 Å². The van der Waals surface area contributed by atoms with Gasteiger partial charge in [-0.2, -0.15) is 5.10 Å². The molecule has 3 nitrogen and oxygen atoms in total. The molecule has 2 heterocycles. The Kier molecular flexibility index (Phi) is 3.38. The second kappa shape index (κ2) is 5.06. The molecule has 0 bridgehead atoms. The van der Waals surface area contributed by atoms with Gasteiger partial charge in [0.1, 0.15) is 0 Å². The van der Waals surface area contributed by atoms with E-state index in [-0.39, 0.29) is 0 Å². The average Bonchev–Trinajstić information content (AvgIpc) is 3.02. The van der Waals surface area contributed by atoms with Crippen LogP contribution in [0.15, 0.2) is 18.2 Å². The number of aryl methyl sites for hydroxylation is 3. The van der Waals surface area contributed by atoms with Crippen LogP contribution in [-0.4, -0.2) is 22.9 Å². The zero-order valence-corrected chi connectivity index (χ0v) is 12.8. The molecule has 1 aromatic heterocycles. The molecule has 0 aliphatic carbocycles. The summed E-state index contributed by atoms with van der Waals surface area (Å²) in [6.07, 6.45) is 1.17. The molecule has 0 radical (unpaired) electrons. The number of hydrogen-bond donors (Lipinski definition) is 1. The number of nitrogens with one attached hydrogen (secondary N) is 1. The Balaban J connectivity index is 2.12. The Labute approximate surface area is 121 Å². The normalized spacial score (nSPS) is 18.7. The summed E-state index contributed by atoms with van der Waals surface area (Å²) in [4.78, 5) is 0. The SMILES string of the molecule is Cc1ccc(C)c(-c2c(C)nn(C3CCNC3)c2C)c1. The summed E-state index contributed by atoms with van der Waals surface area (Å²) in [6, 6.07) is 7.17. The molecule has 2 aromatic rings. The van der Waals surface area contributed by atoms with Crippen LogP contribution in [-0.2, 0) is 0 Å². The third kappa shape index (κ3) is 2.16. The summed E-state index contributed by atoms with van der Waals surface area (Å²) in [7, 11) is 0. The molecule has 0 spiro atoms. The van der Waals surface area contributed by atoms with Gasteiger partial charge >= 0.3 is 0 Å². The molecular weight excluding hydrogens is 246 g/mol. The Morgan fingerprint density at radius 2 is 2.00 bits per heavy atom. The molecule has 1 unspecified atom stereocenters. The van der Waals surface area contributed by atoms with E-state index in [1.165, 1.54) is 34.4 Å². The third-order valence-electron chi connectivity index (χ3n) is 4.37. The van der Waals surface area contributed by atoms with Crippen molar-refractivity contribution in [2.45, 2.75) is 40.2 Å². The Morgan fingerprint density at radius 1 is 1.20 bits per heavy atom. The summed E-state index contributed by atoms with van der Waals surface area (Å²) >= 11 is 0. The molecule has 1 aliphatic heterocycles. The summed E-state index contributed by atoms with van der Waals surface area (Å²) in [6.45, 7) is 10.8. The van der Waals surface area contributed by atoms with E-state index in [1.54, 1.807) is 0 Å². The van der Waals surface area contributed by atoms with E-state index >= 15 is 0 Å². The van der Waals surface area contributed by atoms with Gasteiger partial charge in [-0.15, -0.1) is 0 Å². The zero-order valence-electron chi connectivity index (χ0n) is 12.8. The first-order valence-corrected chi connectivity index (χ1v) is 7.42. The summed E-state index contributed by atoms with van der Waals surface area (Å²) in [5.74, 6) is 0. The molecule has 0 saturated carbocycles. The van der Waals surface area contributed by atoms with Gasteiger partial charge in [0.2, 0.25) is 0 Å². The monoisotopic (exact) mass is 269 g/mol. The van der Waals surface area contributed by atoms with Crippen molar-refractivity contribution in [1.82, 2.24) is 15.1 Å². The topological polar surface area (TPSA) is 29.9 Å². The lowest BCUT2D eigenvalue weighted by atomic mass is 9.97. The van der Waals surface area contributed by atoms with Gasteiger partial charge in [0.05, 0.1) is 11.7 Å². The minimum Gasteiger partial charge on any atom is -0.315 e. The fourth-order valence-corrected chi connectivity index (χ4v) is 3.26. The first kappa shape index (κ1) is 13.4. The predicted molar refractivity (Wildman–Crippen MR) is 83.1 cm³/mol. The molecule has 1 atom stereocenters. The molecule has 0 amide bonds. The van der Waals surface area contributed by atoms with Crippen LogP contribution < -0.4 is 5.32 Å². The number of aromatic nitrogens is 2. The number of nitrogens with zero attached hydrogens (tertiary/aromatic N) is 2. The van der Waals surface area contributed by atoms with E-state index in [0.717, 1.165) is 18.8 Å². The van der Waals surface area contributed by atoms with Crippen LogP contribution in [0.3, 0.4) is 0 Å². The molecule has 106 valence electrons. The van der Waals surface area contributed by atoms with Gasteiger partial charge in [-0.1, -0.05) is 23.8 Å². The van der Waals surface area contributed by atoms with Crippen LogP contribution in [0.2, 0.25) is 0 Å². The molecule has 20 heavy (non-hydrogen) atoms. The minimum absolute atomic E-state index is 0.507. The highest BCUT2D eigenvalue weighted by atomic mass is 15.3. The maximum absolute atomic E-state index is 4.82. The highest BCUT2D eigenvalue weighted by Gasteiger charge is 2.22. The van der Waals surface area contributed by atoms with Gasteiger partial charge in [-0.3, -0.25) is 4.68 Å². The minimum atomic E-state index is 0.507. The van der Waals surface area contributed by atoms with Gasteiger partial charge in [-0.05, 0) is 51.8 Å². The van der Waals surface area contributed by atoms with Crippen LogP contribution in [0, 0.1) is 27.7 Å². The van der Waals surface area contributed by atoms with Crippen LogP contribution in [0.5, 0.6) is 0 Å². The molecule has 1 N–H and O–H groups in total. The van der Waals surface area contributed by atoms with Crippen LogP contribution >= 0.6 is 0 Å². The fraction of sp³-hybridized carbons (Fsp3) is 0.471. The molecule has 1 saturated heterocycles. The van der Waals surface area contributed by atoms with Gasteiger partial charge in [-0.25, -0.2) is 0 Å². The first-order chi connectivity index (χ1) is 9.58. The van der Waals surface area contributed by atoms with Crippen LogP contribution in [0.4, 0.5) is 0 Å². The predicted octanol–water partition coefficient (Wildman–Crippen LogP) is 3.32. The molecule has 1 aromatic carbocycles. The summed E-state index contributed by atoms with van der Waals surface area (Å²) in [5.41, 5.74) is 7.72. The van der Waals surface area contributed by atoms with E-state index < -0.39 is 0 Å². The quantitative estimate of drug-likeness (QED) is 0.906. The van der Waals surface area contributed by atoms with E-state index in [1.807, 2.05) is 0 Å². The smallest absolute Gasteiger partial charge is 0.0675 e. The fourth-order valence-electron chi connectivity index (χ4n) is 3.26.